The molecule has 0 radical (unpaired) electrons. The van der Waals surface area contributed by atoms with E-state index in [1.54, 1.807) is 0 Å². The molecule has 24 heavy (non-hydrogen) atoms. The maximum Gasteiger partial charge on any atom is 0.150 e. The van der Waals surface area contributed by atoms with Crippen molar-refractivity contribution >= 4 is 6.71 Å². The molecule has 6 fully saturated rings. The summed E-state index contributed by atoms with van der Waals surface area (Å²) in [5.41, 5.74) is 1.24. The number of hydrogen-bond acceptors (Lipinski definition) is 0. The molecule has 0 saturated heterocycles. The van der Waals surface area contributed by atoms with Crippen molar-refractivity contribution in [1.29, 1.82) is 0 Å². The molecule has 0 nitrogen and oxygen atoms in total. The highest BCUT2D eigenvalue weighted by Crippen LogP contribution is 2.69. The molecular weight excluding hydrogens is 287 g/mol. The Morgan fingerprint density at radius 3 is 1.54 bits per heavy atom. The smallest absolute Gasteiger partial charge is 0.104 e. The molecular formula is C23H39B. The van der Waals surface area contributed by atoms with Crippen LogP contribution in [0.4, 0.5) is 0 Å². The van der Waals surface area contributed by atoms with E-state index < -0.39 is 0 Å². The molecule has 134 valence electrons. The van der Waals surface area contributed by atoms with Crippen molar-refractivity contribution in [3.05, 3.63) is 12.7 Å². The summed E-state index contributed by atoms with van der Waals surface area (Å²) >= 11 is 0. The van der Waals surface area contributed by atoms with Gasteiger partial charge >= 0.3 is 0 Å². The van der Waals surface area contributed by atoms with E-state index >= 15 is 0 Å². The van der Waals surface area contributed by atoms with E-state index in [-0.39, 0.29) is 0 Å². The number of fused-ring (bicyclic) bond motifs is 4. The molecule has 6 rings (SSSR count). The van der Waals surface area contributed by atoms with Gasteiger partial charge in [-0.3, -0.25) is 0 Å². The summed E-state index contributed by atoms with van der Waals surface area (Å²) in [6.07, 6.45) is 9.56. The van der Waals surface area contributed by atoms with E-state index in [4.69, 9.17) is 0 Å². The Labute approximate surface area is 151 Å². The van der Waals surface area contributed by atoms with Crippen LogP contribution < -0.4 is 0 Å². The van der Waals surface area contributed by atoms with E-state index in [2.05, 4.69) is 54.2 Å². The van der Waals surface area contributed by atoms with Crippen molar-refractivity contribution in [2.24, 2.45) is 46.3 Å². The van der Waals surface area contributed by atoms with E-state index in [9.17, 15) is 0 Å². The molecule has 1 heteroatoms. The summed E-state index contributed by atoms with van der Waals surface area (Å²) in [7, 11) is 0. The molecule has 0 unspecified atom stereocenters. The van der Waals surface area contributed by atoms with Gasteiger partial charge in [-0.2, -0.15) is 0 Å². The van der Waals surface area contributed by atoms with Crippen molar-refractivity contribution in [2.45, 2.75) is 85.2 Å². The second kappa shape index (κ2) is 5.40. The molecule has 0 aromatic rings. The Morgan fingerprint density at radius 1 is 0.833 bits per heavy atom. The summed E-state index contributed by atoms with van der Waals surface area (Å²) in [6, 6.07) is 0. The predicted octanol–water partition coefficient (Wildman–Crippen LogP) is 6.81. The standard InChI is InChI=1S/C23H39B/c1-8-9-24(20-12-16-10-18(14(20)2)22(16,4)5)21-13-17-11-19(15(21)3)23(17,6)7/h8,14-21H,1,9-13H2,2-7H3/t14-,15-,16-,17-,18+,19+,20-,21-/m1/s1. The van der Waals surface area contributed by atoms with E-state index in [1.165, 1.54) is 32.0 Å². The molecule has 6 saturated carbocycles. The quantitative estimate of drug-likeness (QED) is 0.393. The first-order valence-electron chi connectivity index (χ1n) is 10.8. The second-order valence-corrected chi connectivity index (χ2v) is 11.4. The highest BCUT2D eigenvalue weighted by molar-refractivity contribution is 6.62. The lowest BCUT2D eigenvalue weighted by Gasteiger charge is -2.66. The number of rotatable bonds is 4. The Bertz CT molecular complexity index is 476. The molecule has 0 aromatic heterocycles. The van der Waals surface area contributed by atoms with Crippen LogP contribution in [0.15, 0.2) is 12.7 Å². The van der Waals surface area contributed by atoms with E-state index in [0.717, 1.165) is 53.9 Å². The van der Waals surface area contributed by atoms with Crippen molar-refractivity contribution < 1.29 is 0 Å². The van der Waals surface area contributed by atoms with Crippen LogP contribution in [0.1, 0.15) is 67.2 Å². The molecule has 0 amide bonds. The van der Waals surface area contributed by atoms with Crippen LogP contribution in [0.5, 0.6) is 0 Å². The van der Waals surface area contributed by atoms with Gasteiger partial charge in [-0.25, -0.2) is 0 Å². The van der Waals surface area contributed by atoms with Gasteiger partial charge in [-0.15, -0.1) is 6.58 Å². The zero-order valence-electron chi connectivity index (χ0n) is 17.0. The van der Waals surface area contributed by atoms with Crippen molar-refractivity contribution in [3.63, 3.8) is 0 Å². The molecule has 0 aliphatic heterocycles. The normalized spacial score (nSPS) is 50.4. The largest absolute Gasteiger partial charge is 0.150 e. The molecule has 4 bridgehead atoms. The zero-order valence-corrected chi connectivity index (χ0v) is 17.0. The second-order valence-electron chi connectivity index (χ2n) is 11.4. The molecule has 0 aromatic carbocycles. The SMILES string of the molecule is C=CCB([C@@H]1C[C@H]2C[C@@H]([C@H]1C)C2(C)C)[C@@H]1C[C@H]2C[C@@H]([C@H]1C)C2(C)C. The maximum atomic E-state index is 4.16. The minimum Gasteiger partial charge on any atom is -0.104 e. The first kappa shape index (κ1) is 17.2. The molecule has 0 N–H and O–H groups in total. The Morgan fingerprint density at radius 2 is 1.25 bits per heavy atom. The van der Waals surface area contributed by atoms with E-state index in [0.29, 0.717) is 10.8 Å². The van der Waals surface area contributed by atoms with Crippen LogP contribution in [0, 0.1) is 46.3 Å². The molecule has 0 spiro atoms. The first-order valence-corrected chi connectivity index (χ1v) is 10.8. The summed E-state index contributed by atoms with van der Waals surface area (Å²) in [6.45, 7) is 20.4. The third kappa shape index (κ3) is 2.11. The first-order chi connectivity index (χ1) is 11.2. The molecule has 6 aliphatic carbocycles. The fraction of sp³-hybridized carbons (Fsp3) is 0.913. The van der Waals surface area contributed by atoms with E-state index in [1.807, 2.05) is 0 Å². The molecule has 8 atom stereocenters. The van der Waals surface area contributed by atoms with Crippen molar-refractivity contribution in [3.8, 4) is 0 Å². The van der Waals surface area contributed by atoms with Crippen LogP contribution in [-0.4, -0.2) is 6.71 Å². The Hall–Kier alpha value is -0.195. The summed E-state index contributed by atoms with van der Waals surface area (Å²) in [4.78, 5) is 0. The van der Waals surface area contributed by atoms with Crippen molar-refractivity contribution in [1.82, 2.24) is 0 Å². The van der Waals surface area contributed by atoms with Crippen LogP contribution in [0.2, 0.25) is 18.0 Å². The lowest BCUT2D eigenvalue weighted by atomic mass is 9.20. The fourth-order valence-electron chi connectivity index (χ4n) is 8.37. The van der Waals surface area contributed by atoms with Gasteiger partial charge in [-0.05, 0) is 59.2 Å². The molecule has 0 heterocycles. The Balaban J connectivity index is 1.55. The van der Waals surface area contributed by atoms with Gasteiger partial charge in [0.1, 0.15) is 0 Å². The average Bonchev–Trinajstić information content (AvgIpc) is 2.52. The average molecular weight is 326 g/mol. The lowest BCUT2D eigenvalue weighted by Crippen LogP contribution is -2.59. The number of allylic oxidation sites excluding steroid dienone is 1. The van der Waals surface area contributed by atoms with Gasteiger partial charge in [0.15, 0.2) is 6.71 Å². The number of hydrogen-bond donors (Lipinski definition) is 0. The van der Waals surface area contributed by atoms with Crippen LogP contribution >= 0.6 is 0 Å². The lowest BCUT2D eigenvalue weighted by molar-refractivity contribution is -0.107. The summed E-state index contributed by atoms with van der Waals surface area (Å²) in [5.74, 6) is 7.75. The van der Waals surface area contributed by atoms with Gasteiger partial charge in [0.25, 0.3) is 0 Å². The van der Waals surface area contributed by atoms with Gasteiger partial charge in [-0.1, -0.05) is 78.4 Å². The van der Waals surface area contributed by atoms with Crippen LogP contribution in [0.3, 0.4) is 0 Å². The highest BCUT2D eigenvalue weighted by Gasteiger charge is 2.61. The minimum atomic E-state index is 0.622. The fourth-order valence-corrected chi connectivity index (χ4v) is 8.37. The monoisotopic (exact) mass is 326 g/mol. The van der Waals surface area contributed by atoms with Gasteiger partial charge in [0, 0.05) is 0 Å². The van der Waals surface area contributed by atoms with Gasteiger partial charge in [0.05, 0.1) is 0 Å². The predicted molar refractivity (Wildman–Crippen MR) is 107 cm³/mol. The minimum absolute atomic E-state index is 0.622. The zero-order chi connectivity index (χ0) is 17.4. The van der Waals surface area contributed by atoms with Gasteiger partial charge in [0.2, 0.25) is 0 Å². The van der Waals surface area contributed by atoms with Crippen molar-refractivity contribution in [2.75, 3.05) is 0 Å². The third-order valence-corrected chi connectivity index (χ3v) is 10.4. The highest BCUT2D eigenvalue weighted by atomic mass is 14.6. The van der Waals surface area contributed by atoms with Crippen LogP contribution in [-0.2, 0) is 0 Å². The molecule has 6 aliphatic rings. The maximum absolute atomic E-state index is 4.16. The van der Waals surface area contributed by atoms with Gasteiger partial charge < -0.3 is 0 Å². The van der Waals surface area contributed by atoms with Crippen LogP contribution in [0.25, 0.3) is 0 Å². The third-order valence-electron chi connectivity index (χ3n) is 10.4. The summed E-state index contributed by atoms with van der Waals surface area (Å²) in [5, 5.41) is 0. The summed E-state index contributed by atoms with van der Waals surface area (Å²) < 4.78 is 0. The topological polar surface area (TPSA) is 0 Å². The Kier molecular flexibility index (Phi) is 3.88.